The van der Waals surface area contributed by atoms with Crippen LogP contribution in [0.3, 0.4) is 0 Å². The molecule has 1 unspecified atom stereocenters. The van der Waals surface area contributed by atoms with Crippen LogP contribution in [-0.2, 0) is 11.3 Å². The van der Waals surface area contributed by atoms with Gasteiger partial charge >= 0.3 is 0 Å². The average Bonchev–Trinajstić information content (AvgIpc) is 3.46. The second kappa shape index (κ2) is 8.67. The lowest BCUT2D eigenvalue weighted by molar-refractivity contribution is 0.0978. The van der Waals surface area contributed by atoms with E-state index in [1.165, 1.54) is 4.68 Å². The molecule has 0 aromatic carbocycles. The second-order valence-electron chi connectivity index (χ2n) is 8.56. The molecule has 170 valence electrons. The van der Waals surface area contributed by atoms with Crippen molar-refractivity contribution >= 4 is 34.3 Å². The molecule has 5 rings (SSSR count). The van der Waals surface area contributed by atoms with E-state index < -0.39 is 0 Å². The summed E-state index contributed by atoms with van der Waals surface area (Å²) >= 11 is 6.41. The summed E-state index contributed by atoms with van der Waals surface area (Å²) in [5.74, 6) is 0.834. The van der Waals surface area contributed by atoms with Gasteiger partial charge in [0.15, 0.2) is 17.0 Å². The van der Waals surface area contributed by atoms with Crippen LogP contribution in [-0.4, -0.2) is 68.2 Å². The minimum atomic E-state index is -0.254. The van der Waals surface area contributed by atoms with E-state index >= 15 is 0 Å². The summed E-state index contributed by atoms with van der Waals surface area (Å²) in [7, 11) is 0. The molecule has 10 nitrogen and oxygen atoms in total. The number of nitrogens with zero attached hydrogens (tertiary/aromatic N) is 8. The highest BCUT2D eigenvalue weighted by atomic mass is 35.5. The van der Waals surface area contributed by atoms with Gasteiger partial charge in [0, 0.05) is 32.8 Å². The molecule has 32 heavy (non-hydrogen) atoms. The maximum atomic E-state index is 12.5. The van der Waals surface area contributed by atoms with Gasteiger partial charge in [0.25, 0.3) is 5.56 Å². The third-order valence-electron chi connectivity index (χ3n) is 6.14. The smallest absolute Gasteiger partial charge is 0.287 e. The fourth-order valence-corrected chi connectivity index (χ4v) is 4.68. The predicted octanol–water partition coefficient (Wildman–Crippen LogP) is 2.12. The lowest BCUT2D eigenvalue weighted by Crippen LogP contribution is -2.47. The standard InChI is InChI=1S/C21H27ClN8O2/c1-14(2)30-21(31)17(22)16(10-26-30)27-5-7-28(8-6-27)19-18-20(24-12-23-19)29(13-25-18)11-15-4-3-9-32-15/h10,12-15H,3-9,11H2,1-2H3. The number of hydrogen-bond donors (Lipinski definition) is 0. The number of piperazine rings is 1. The van der Waals surface area contributed by atoms with E-state index in [1.54, 1.807) is 12.5 Å². The Morgan fingerprint density at radius 2 is 1.94 bits per heavy atom. The molecule has 0 radical (unpaired) electrons. The zero-order valence-corrected chi connectivity index (χ0v) is 19.1. The SMILES string of the molecule is CC(C)n1ncc(N2CCN(c3ncnc4c3ncn4CC3CCCO3)CC2)c(Cl)c1=O. The van der Waals surface area contributed by atoms with E-state index in [1.807, 2.05) is 20.2 Å². The van der Waals surface area contributed by atoms with Crippen molar-refractivity contribution in [3.8, 4) is 0 Å². The van der Waals surface area contributed by atoms with Gasteiger partial charge in [0.1, 0.15) is 11.3 Å². The van der Waals surface area contributed by atoms with Crippen molar-refractivity contribution in [3.63, 3.8) is 0 Å². The average molecular weight is 459 g/mol. The Labute approximate surface area is 190 Å². The van der Waals surface area contributed by atoms with Crippen molar-refractivity contribution in [1.82, 2.24) is 29.3 Å². The number of ether oxygens (including phenoxy) is 1. The van der Waals surface area contributed by atoms with Gasteiger partial charge < -0.3 is 19.1 Å². The second-order valence-corrected chi connectivity index (χ2v) is 8.94. The van der Waals surface area contributed by atoms with Crippen LogP contribution >= 0.6 is 11.6 Å². The Kier molecular flexibility index (Phi) is 5.73. The summed E-state index contributed by atoms with van der Waals surface area (Å²) in [5.41, 5.74) is 2.06. The van der Waals surface area contributed by atoms with Crippen molar-refractivity contribution in [3.05, 3.63) is 34.2 Å². The van der Waals surface area contributed by atoms with Crippen LogP contribution in [0, 0.1) is 0 Å². The van der Waals surface area contributed by atoms with Gasteiger partial charge in [-0.3, -0.25) is 4.79 Å². The van der Waals surface area contributed by atoms with Crippen molar-refractivity contribution in [2.45, 2.75) is 45.4 Å². The van der Waals surface area contributed by atoms with E-state index in [0.717, 1.165) is 56.1 Å². The zero-order chi connectivity index (χ0) is 22.2. The first-order valence-electron chi connectivity index (χ1n) is 11.1. The largest absolute Gasteiger partial charge is 0.376 e. The van der Waals surface area contributed by atoms with E-state index in [0.29, 0.717) is 18.8 Å². The fraction of sp³-hybridized carbons (Fsp3) is 0.571. The highest BCUT2D eigenvalue weighted by molar-refractivity contribution is 6.33. The molecule has 2 aliphatic heterocycles. The van der Waals surface area contributed by atoms with Crippen LogP contribution in [0.4, 0.5) is 11.5 Å². The third-order valence-corrected chi connectivity index (χ3v) is 6.50. The van der Waals surface area contributed by atoms with Crippen LogP contribution in [0.1, 0.15) is 32.7 Å². The topological polar surface area (TPSA) is 94.2 Å². The Hall–Kier alpha value is -2.72. The van der Waals surface area contributed by atoms with E-state index in [2.05, 4.69) is 34.4 Å². The van der Waals surface area contributed by atoms with Crippen molar-refractivity contribution in [1.29, 1.82) is 0 Å². The number of anilines is 2. The first-order valence-corrected chi connectivity index (χ1v) is 11.5. The summed E-state index contributed by atoms with van der Waals surface area (Å²) in [4.78, 5) is 30.5. The Bertz CT molecular complexity index is 1160. The van der Waals surface area contributed by atoms with E-state index in [4.69, 9.17) is 16.3 Å². The summed E-state index contributed by atoms with van der Waals surface area (Å²) in [5, 5.41) is 4.52. The summed E-state index contributed by atoms with van der Waals surface area (Å²) in [6, 6.07) is -0.0360. The molecule has 0 spiro atoms. The summed E-state index contributed by atoms with van der Waals surface area (Å²) < 4.78 is 9.23. The Balaban J connectivity index is 1.33. The highest BCUT2D eigenvalue weighted by Gasteiger charge is 2.25. The number of rotatable bonds is 5. The van der Waals surface area contributed by atoms with E-state index in [-0.39, 0.29) is 22.7 Å². The molecule has 0 N–H and O–H groups in total. The molecule has 3 aromatic heterocycles. The van der Waals surface area contributed by atoms with Gasteiger partial charge in [-0.15, -0.1) is 0 Å². The van der Waals surface area contributed by atoms with Gasteiger partial charge in [-0.2, -0.15) is 5.10 Å². The highest BCUT2D eigenvalue weighted by Crippen LogP contribution is 2.27. The summed E-state index contributed by atoms with van der Waals surface area (Å²) in [6.45, 7) is 8.27. The summed E-state index contributed by atoms with van der Waals surface area (Å²) in [6.07, 6.45) is 7.51. The van der Waals surface area contributed by atoms with Gasteiger partial charge in [-0.1, -0.05) is 11.6 Å². The lowest BCUT2D eigenvalue weighted by atomic mass is 10.2. The minimum absolute atomic E-state index is 0.0360. The van der Waals surface area contributed by atoms with Crippen LogP contribution in [0.25, 0.3) is 11.2 Å². The molecule has 2 saturated heterocycles. The van der Waals surface area contributed by atoms with Crippen molar-refractivity contribution in [2.24, 2.45) is 0 Å². The number of halogens is 1. The van der Waals surface area contributed by atoms with E-state index in [9.17, 15) is 4.79 Å². The first-order chi connectivity index (χ1) is 15.5. The molecule has 0 amide bonds. The number of aromatic nitrogens is 6. The number of imidazole rings is 1. The molecule has 5 heterocycles. The third kappa shape index (κ3) is 3.81. The predicted molar refractivity (Wildman–Crippen MR) is 123 cm³/mol. The molecule has 0 bridgehead atoms. The number of hydrogen-bond acceptors (Lipinski definition) is 8. The van der Waals surface area contributed by atoms with Gasteiger partial charge in [0.05, 0.1) is 36.9 Å². The van der Waals surface area contributed by atoms with Crippen LogP contribution in [0.5, 0.6) is 0 Å². The molecular formula is C21H27ClN8O2. The monoisotopic (exact) mass is 458 g/mol. The minimum Gasteiger partial charge on any atom is -0.376 e. The molecule has 1 atom stereocenters. The van der Waals surface area contributed by atoms with Gasteiger partial charge in [-0.25, -0.2) is 19.6 Å². The normalized spacial score (nSPS) is 19.4. The number of fused-ring (bicyclic) bond motifs is 1. The first kappa shape index (κ1) is 21.1. The molecule has 3 aromatic rings. The molecule has 0 saturated carbocycles. The molecule has 11 heteroatoms. The quantitative estimate of drug-likeness (QED) is 0.574. The van der Waals surface area contributed by atoms with Crippen LogP contribution in [0.15, 0.2) is 23.6 Å². The van der Waals surface area contributed by atoms with Crippen LogP contribution in [0.2, 0.25) is 5.02 Å². The fourth-order valence-electron chi connectivity index (χ4n) is 4.42. The van der Waals surface area contributed by atoms with Crippen LogP contribution < -0.4 is 15.4 Å². The maximum Gasteiger partial charge on any atom is 0.287 e. The van der Waals surface area contributed by atoms with Gasteiger partial charge in [0.2, 0.25) is 0 Å². The maximum absolute atomic E-state index is 12.5. The van der Waals surface area contributed by atoms with Crippen molar-refractivity contribution < 1.29 is 4.74 Å². The van der Waals surface area contributed by atoms with Gasteiger partial charge in [-0.05, 0) is 26.7 Å². The molecule has 2 aliphatic rings. The Morgan fingerprint density at radius 3 is 2.66 bits per heavy atom. The van der Waals surface area contributed by atoms with Crippen molar-refractivity contribution in [2.75, 3.05) is 42.6 Å². The Morgan fingerprint density at radius 1 is 1.16 bits per heavy atom. The lowest BCUT2D eigenvalue weighted by Gasteiger charge is -2.36. The molecular weight excluding hydrogens is 432 g/mol. The zero-order valence-electron chi connectivity index (χ0n) is 18.3. The molecule has 2 fully saturated rings. The molecule has 0 aliphatic carbocycles.